The number of hydrogen-bond acceptors (Lipinski definition) is 6. The lowest BCUT2D eigenvalue weighted by Gasteiger charge is -2.43. The normalized spacial score (nSPS) is 15.9. The first-order valence-electron chi connectivity index (χ1n) is 24.1. The molecule has 1 aromatic carbocycles. The molecular weight excluding hydrogens is 1480 g/mol. The third-order valence-corrected chi connectivity index (χ3v) is 12.8. The molecule has 0 radical (unpaired) electrons. The van der Waals surface area contributed by atoms with Crippen LogP contribution in [0.15, 0.2) is 12.1 Å². The quantitative estimate of drug-likeness (QED) is 0.0470. The van der Waals surface area contributed by atoms with E-state index in [1.807, 2.05) is 0 Å². The Morgan fingerprint density at radius 2 is 0.558 bits per heavy atom. The van der Waals surface area contributed by atoms with E-state index in [1.165, 1.54) is 0 Å². The zero-order chi connectivity index (χ0) is 76.1. The van der Waals surface area contributed by atoms with E-state index in [9.17, 15) is 207 Å². The van der Waals surface area contributed by atoms with Gasteiger partial charge in [0.05, 0.1) is 32.5 Å². The van der Waals surface area contributed by atoms with Crippen molar-refractivity contribution in [2.75, 3.05) is 33.0 Å². The molecule has 0 spiro atoms. The van der Waals surface area contributed by atoms with Gasteiger partial charge in [0, 0.05) is 31.4 Å². The van der Waals surface area contributed by atoms with Crippen LogP contribution in [0.4, 0.5) is 198 Å². The zero-order valence-corrected chi connectivity index (χ0v) is 44.7. The Bertz CT molecular complexity index is 2540. The van der Waals surface area contributed by atoms with Gasteiger partial charge in [0.2, 0.25) is 5.75 Å². The number of hydrogen-bond donors (Lipinski definition) is 3. The number of nitrogens with one attached hydrogen (secondary N) is 1. The summed E-state index contributed by atoms with van der Waals surface area (Å²) in [5, 5.41) is 20.2. The van der Waals surface area contributed by atoms with Crippen molar-refractivity contribution < 1.29 is 227 Å². The number of ether oxygens (including phenoxy) is 3. The van der Waals surface area contributed by atoms with Gasteiger partial charge in [-0.25, -0.2) is 13.2 Å². The molecule has 1 rings (SSSR count). The Labute approximate surface area is 495 Å². The van der Waals surface area contributed by atoms with E-state index >= 15 is 0 Å². The third-order valence-electron chi connectivity index (χ3n) is 12.8. The van der Waals surface area contributed by atoms with Gasteiger partial charge < -0.3 is 29.7 Å². The maximum Gasteiger partial charge on any atom is 0.438 e. The molecule has 3 N–H and O–H groups in total. The molecule has 7 nitrogen and oxygen atoms in total. The minimum absolute atomic E-state index is 0.0742. The highest BCUT2D eigenvalue weighted by atomic mass is 19.5. The summed E-state index contributed by atoms with van der Waals surface area (Å²) in [7, 11) is 0. The Hall–Kier alpha value is -5.14. The predicted molar refractivity (Wildman–Crippen MR) is 217 cm³/mol. The van der Waals surface area contributed by atoms with Gasteiger partial charge in [-0.15, -0.1) is 0 Å². The molecule has 0 saturated carbocycles. The van der Waals surface area contributed by atoms with Gasteiger partial charge in [-0.2, -0.15) is 184 Å². The summed E-state index contributed by atoms with van der Waals surface area (Å²) in [4.78, 5) is 13.0. The summed E-state index contributed by atoms with van der Waals surface area (Å²) >= 11 is 0. The first kappa shape index (κ1) is 87.9. The average Bonchev–Trinajstić information content (AvgIpc) is 0.709. The van der Waals surface area contributed by atoms with Gasteiger partial charge >= 0.3 is 125 Å². The molecule has 95 heavy (non-hydrogen) atoms. The van der Waals surface area contributed by atoms with Crippen LogP contribution in [0.2, 0.25) is 0 Å². The molecule has 0 fully saturated rings. The van der Waals surface area contributed by atoms with Crippen LogP contribution >= 0.6 is 0 Å². The van der Waals surface area contributed by atoms with Crippen LogP contribution in [0.3, 0.4) is 0 Å². The second-order valence-corrected chi connectivity index (χ2v) is 19.5. The van der Waals surface area contributed by atoms with Crippen molar-refractivity contribution >= 4 is 5.91 Å². The SMILES string of the molecule is O=C(NCC(O)CO)c1cc(OCCCCC(F)(F)C(F)(F)C(F)(F)C(F)(F)C(F)(C(F)(F)F)C(F)(F)F)c(OCCCCC(F)(F)C(F)(F)C(F)(F)C(F)(F)C(F)(C(F)(F)F)C(F)(F)F)c(OCCCCC(F)(F)C(F)(F)C(F)(F)C(F)(F)C(F)(C(F)(F)F)C(F)(F)F)c1. The van der Waals surface area contributed by atoms with Gasteiger partial charge in [0.25, 0.3) is 5.91 Å². The number of halogens is 45. The van der Waals surface area contributed by atoms with E-state index in [0.717, 1.165) is 0 Å². The Balaban J connectivity index is 4.00. The highest BCUT2D eigenvalue weighted by molar-refractivity contribution is 5.95. The molecule has 1 atom stereocenters. The highest BCUT2D eigenvalue weighted by Gasteiger charge is 2.98. The maximum atomic E-state index is 14.6. The lowest BCUT2D eigenvalue weighted by atomic mass is 9.85. The molecule has 52 heteroatoms. The number of rotatable bonds is 34. The van der Waals surface area contributed by atoms with E-state index in [-0.39, 0.29) is 12.1 Å². The Morgan fingerprint density at radius 3 is 0.768 bits per heavy atom. The second kappa shape index (κ2) is 27.2. The minimum atomic E-state index is -8.94. The Kier molecular flexibility index (Phi) is 25.1. The monoisotopic (exact) mass is 1520 g/mol. The number of unbranched alkanes of at least 4 members (excludes halogenated alkanes) is 3. The van der Waals surface area contributed by atoms with Crippen LogP contribution in [-0.4, -0.2) is 180 Å². The molecule has 0 aliphatic heterocycles. The number of aliphatic hydroxyl groups is 2. The fraction of sp³-hybridized carbons (Fsp3) is 0.837. The summed E-state index contributed by atoms with van der Waals surface area (Å²) in [5.41, 5.74) is -27.6. The largest absolute Gasteiger partial charge is 0.490 e. The van der Waals surface area contributed by atoms with E-state index in [1.54, 1.807) is 5.32 Å². The van der Waals surface area contributed by atoms with Crippen LogP contribution in [0, 0.1) is 0 Å². The minimum Gasteiger partial charge on any atom is -0.490 e. The zero-order valence-electron chi connectivity index (χ0n) is 44.7. The van der Waals surface area contributed by atoms with Crippen molar-refractivity contribution in [2.45, 2.75) is 189 Å². The number of carbonyl (C=O) groups excluding carboxylic acids is 1. The molecule has 0 aliphatic rings. The van der Waals surface area contributed by atoms with E-state index in [4.69, 9.17) is 19.3 Å². The van der Waals surface area contributed by atoms with Crippen LogP contribution in [0.1, 0.15) is 68.1 Å². The molecule has 0 bridgehead atoms. The van der Waals surface area contributed by atoms with Crippen LogP contribution in [0.5, 0.6) is 17.2 Å². The lowest BCUT2D eigenvalue weighted by molar-refractivity contribution is -0.457. The standard InChI is InChI=1S/C43H34F45NO6/c44-23(45,29(53,54)35(65,66)32(59,60)26(50,38(71,72)73)39(74,75)76)7-1-4-10-93-19-13-17(22(92)89-15-18(91)16-90)14-20(94-11-5-2-8-24(46,47)30(55,56)36(67,68)33(61,62)27(51,40(77,78)79)41(80,81)82)21(19)95-12-6-3-9-25(48,49)31(57,58)37(69,70)34(63,64)28(52,42(83,84)85)43(86,87)88/h13-14,18,90-91H,1-12,15-16H2,(H,89,92). The van der Waals surface area contributed by atoms with E-state index in [2.05, 4.69) is 0 Å². The molecule has 1 aromatic rings. The number of benzene rings is 1. The van der Waals surface area contributed by atoms with Crippen LogP contribution in [0.25, 0.3) is 0 Å². The predicted octanol–water partition coefficient (Wildman–Crippen LogP) is 17.5. The summed E-state index contributed by atoms with van der Waals surface area (Å²) in [5.74, 6) is -105. The van der Waals surface area contributed by atoms with Crippen molar-refractivity contribution in [3.8, 4) is 17.2 Å². The van der Waals surface area contributed by atoms with E-state index in [0.29, 0.717) is 0 Å². The fourth-order valence-corrected chi connectivity index (χ4v) is 7.28. The number of carbonyl (C=O) groups is 1. The molecule has 0 saturated heterocycles. The smallest absolute Gasteiger partial charge is 0.438 e. The summed E-state index contributed by atoms with van der Waals surface area (Å²) < 4.78 is 633. The number of alkyl halides is 45. The number of aliphatic hydroxyl groups excluding tert-OH is 2. The van der Waals surface area contributed by atoms with Gasteiger partial charge in [-0.3, -0.25) is 4.79 Å². The second-order valence-electron chi connectivity index (χ2n) is 19.5. The molecule has 0 aromatic heterocycles. The first-order valence-corrected chi connectivity index (χ1v) is 24.1. The molecule has 0 heterocycles. The van der Waals surface area contributed by atoms with Crippen molar-refractivity contribution in [3.05, 3.63) is 17.7 Å². The molecule has 1 amide bonds. The van der Waals surface area contributed by atoms with Crippen molar-refractivity contribution in [1.29, 1.82) is 0 Å². The summed E-state index contributed by atoms with van der Waals surface area (Å²) in [6, 6.07) is 0.148. The average molecular weight is 1520 g/mol. The maximum absolute atomic E-state index is 14.6. The molecule has 0 aliphatic carbocycles. The first-order chi connectivity index (χ1) is 41.5. The molecule has 562 valence electrons. The van der Waals surface area contributed by atoms with Crippen molar-refractivity contribution in [3.63, 3.8) is 0 Å². The van der Waals surface area contributed by atoms with Crippen LogP contribution in [-0.2, 0) is 0 Å². The fourth-order valence-electron chi connectivity index (χ4n) is 7.28. The number of amides is 1. The van der Waals surface area contributed by atoms with Crippen LogP contribution < -0.4 is 19.5 Å². The van der Waals surface area contributed by atoms with Crippen molar-refractivity contribution in [2.24, 2.45) is 0 Å². The molecule has 1 unspecified atom stereocenters. The molecular formula is C43H34F45NO6. The third kappa shape index (κ3) is 15.1. The lowest BCUT2D eigenvalue weighted by Crippen LogP contribution is -2.75. The Morgan fingerprint density at radius 1 is 0.337 bits per heavy atom. The summed E-state index contributed by atoms with van der Waals surface area (Å²) in [6.07, 6.45) is -73.0. The van der Waals surface area contributed by atoms with E-state index < -0.39 is 251 Å². The van der Waals surface area contributed by atoms with Gasteiger partial charge in [0.15, 0.2) is 11.5 Å². The van der Waals surface area contributed by atoms with Gasteiger partial charge in [-0.05, 0) is 50.7 Å². The van der Waals surface area contributed by atoms with Gasteiger partial charge in [0.1, 0.15) is 0 Å². The topological polar surface area (TPSA) is 97.3 Å². The highest BCUT2D eigenvalue weighted by Crippen LogP contribution is 2.68. The van der Waals surface area contributed by atoms with Gasteiger partial charge in [-0.1, -0.05) is 0 Å². The van der Waals surface area contributed by atoms with Crippen molar-refractivity contribution in [1.82, 2.24) is 5.32 Å². The summed E-state index contributed by atoms with van der Waals surface area (Å²) in [6.45, 7) is -7.68.